The number of Topliss-reactive ketones (excluding diaryl/α,β-unsaturated/α-hetero) is 2. The quantitative estimate of drug-likeness (QED) is 0.687. The van der Waals surface area contributed by atoms with Crippen LogP contribution in [0.1, 0.15) is 38.4 Å². The van der Waals surface area contributed by atoms with Gasteiger partial charge in [-0.2, -0.15) is 13.2 Å². The maximum atomic E-state index is 14.3. The van der Waals surface area contributed by atoms with Crippen LogP contribution in [0.5, 0.6) is 0 Å². The predicted octanol–water partition coefficient (Wildman–Crippen LogP) is 4.33. The molecule has 2 aliphatic rings. The zero-order valence-electron chi connectivity index (χ0n) is 15.4. The van der Waals surface area contributed by atoms with E-state index in [1.807, 2.05) is 0 Å². The number of hydrogen-bond donors (Lipinski definition) is 0. The van der Waals surface area contributed by atoms with Gasteiger partial charge in [0.2, 0.25) is 0 Å². The van der Waals surface area contributed by atoms with Crippen molar-refractivity contribution in [2.75, 3.05) is 13.2 Å². The van der Waals surface area contributed by atoms with E-state index < -0.39 is 46.1 Å². The van der Waals surface area contributed by atoms with E-state index in [9.17, 15) is 31.5 Å². The number of fused-ring (bicyclic) bond motifs is 1. The third-order valence-corrected chi connectivity index (χ3v) is 5.18. The Morgan fingerprint density at radius 1 is 0.933 bits per heavy atom. The first-order chi connectivity index (χ1) is 14.2. The lowest BCUT2D eigenvalue weighted by molar-refractivity contribution is -0.137. The third-order valence-electron chi connectivity index (χ3n) is 5.18. The van der Waals surface area contributed by atoms with Crippen molar-refractivity contribution in [2.45, 2.75) is 19.0 Å². The van der Waals surface area contributed by atoms with Crippen LogP contribution >= 0.6 is 0 Å². The molecule has 156 valence electrons. The highest BCUT2D eigenvalue weighted by Gasteiger charge is 2.38. The number of alkyl halides is 3. The van der Waals surface area contributed by atoms with Gasteiger partial charge in [0, 0.05) is 35.4 Å². The number of halogens is 5. The molecule has 0 radical (unpaired) electrons. The fraction of sp³-hybridized carbons (Fsp3) is 0.286. The Hall–Kier alpha value is -2.94. The molecule has 1 saturated heterocycles. The van der Waals surface area contributed by atoms with Gasteiger partial charge in [-0.1, -0.05) is 0 Å². The van der Waals surface area contributed by atoms with Crippen LogP contribution < -0.4 is 0 Å². The van der Waals surface area contributed by atoms with Crippen LogP contribution in [0.15, 0.2) is 41.6 Å². The normalized spacial score (nSPS) is 17.2. The van der Waals surface area contributed by atoms with Crippen LogP contribution in [0.25, 0.3) is 0 Å². The van der Waals surface area contributed by atoms with Crippen molar-refractivity contribution in [1.82, 2.24) is 4.98 Å². The van der Waals surface area contributed by atoms with Crippen LogP contribution in [0, 0.1) is 17.6 Å². The van der Waals surface area contributed by atoms with Crippen LogP contribution in [-0.2, 0) is 17.3 Å². The SMILES string of the molecule is O=C1C(Cc2ccc(C(F)(F)F)cn2)=C(CC2COC2)C(=O)c2c(F)ccc(F)c21. The molecule has 0 N–H and O–H groups in total. The van der Waals surface area contributed by atoms with Gasteiger partial charge in [-0.05, 0) is 30.7 Å². The van der Waals surface area contributed by atoms with Crippen LogP contribution in [0.3, 0.4) is 0 Å². The molecule has 4 nitrogen and oxygen atoms in total. The van der Waals surface area contributed by atoms with Crippen molar-refractivity contribution < 1.29 is 36.3 Å². The number of pyridine rings is 1. The van der Waals surface area contributed by atoms with Crippen LogP contribution in [0.4, 0.5) is 22.0 Å². The molecule has 1 aliphatic carbocycles. The smallest absolute Gasteiger partial charge is 0.381 e. The number of carbonyl (C=O) groups is 2. The second-order valence-corrected chi connectivity index (χ2v) is 7.21. The number of benzene rings is 1. The number of rotatable bonds is 4. The van der Waals surface area contributed by atoms with Crippen LogP contribution in [-0.4, -0.2) is 29.8 Å². The Balaban J connectivity index is 1.77. The van der Waals surface area contributed by atoms with Gasteiger partial charge in [-0.25, -0.2) is 8.78 Å². The Kier molecular flexibility index (Phi) is 5.01. The molecule has 0 unspecified atom stereocenters. The van der Waals surface area contributed by atoms with Gasteiger partial charge in [0.15, 0.2) is 11.6 Å². The molecule has 0 spiro atoms. The molecule has 0 amide bonds. The molecule has 0 atom stereocenters. The van der Waals surface area contributed by atoms with E-state index in [0.29, 0.717) is 19.4 Å². The first-order valence-electron chi connectivity index (χ1n) is 9.06. The molecule has 1 aromatic heterocycles. The summed E-state index contributed by atoms with van der Waals surface area (Å²) in [5.74, 6) is -3.76. The van der Waals surface area contributed by atoms with E-state index in [-0.39, 0.29) is 35.6 Å². The maximum Gasteiger partial charge on any atom is 0.417 e. The second-order valence-electron chi connectivity index (χ2n) is 7.21. The molecule has 1 aromatic carbocycles. The summed E-state index contributed by atoms with van der Waals surface area (Å²) < 4.78 is 71.9. The number of allylic oxidation sites excluding steroid dienone is 2. The summed E-state index contributed by atoms with van der Waals surface area (Å²) in [6, 6.07) is 3.45. The minimum Gasteiger partial charge on any atom is -0.381 e. The van der Waals surface area contributed by atoms with E-state index in [1.54, 1.807) is 0 Å². The van der Waals surface area contributed by atoms with Gasteiger partial charge in [-0.3, -0.25) is 14.6 Å². The molecule has 2 heterocycles. The lowest BCUT2D eigenvalue weighted by Gasteiger charge is -2.29. The van der Waals surface area contributed by atoms with Crippen molar-refractivity contribution in [1.29, 1.82) is 0 Å². The average Bonchev–Trinajstić information content (AvgIpc) is 2.65. The summed E-state index contributed by atoms with van der Waals surface area (Å²) in [5.41, 5.74) is -2.20. The fourth-order valence-corrected chi connectivity index (χ4v) is 3.54. The minimum atomic E-state index is -4.57. The van der Waals surface area contributed by atoms with Gasteiger partial charge in [-0.15, -0.1) is 0 Å². The summed E-state index contributed by atoms with van der Waals surface area (Å²) in [4.78, 5) is 29.7. The zero-order chi connectivity index (χ0) is 21.6. The van der Waals surface area contributed by atoms with Crippen molar-refractivity contribution >= 4 is 11.6 Å². The number of hydrogen-bond acceptors (Lipinski definition) is 4. The number of nitrogens with zero attached hydrogens (tertiary/aromatic N) is 1. The summed E-state index contributed by atoms with van der Waals surface area (Å²) in [5, 5.41) is 0. The molecule has 30 heavy (non-hydrogen) atoms. The van der Waals surface area contributed by atoms with E-state index >= 15 is 0 Å². The van der Waals surface area contributed by atoms with E-state index in [4.69, 9.17) is 4.74 Å². The average molecular weight is 423 g/mol. The molecular weight excluding hydrogens is 409 g/mol. The van der Waals surface area contributed by atoms with E-state index in [0.717, 1.165) is 24.3 Å². The van der Waals surface area contributed by atoms with Gasteiger partial charge in [0.1, 0.15) is 11.6 Å². The highest BCUT2D eigenvalue weighted by Crippen LogP contribution is 2.36. The first kappa shape index (κ1) is 20.3. The molecule has 1 aliphatic heterocycles. The molecule has 2 aromatic rings. The second kappa shape index (κ2) is 7.39. The highest BCUT2D eigenvalue weighted by molar-refractivity contribution is 6.27. The van der Waals surface area contributed by atoms with Crippen molar-refractivity contribution in [3.05, 3.63) is 75.6 Å². The van der Waals surface area contributed by atoms with Gasteiger partial charge >= 0.3 is 6.18 Å². The van der Waals surface area contributed by atoms with E-state index in [1.165, 1.54) is 0 Å². The lowest BCUT2D eigenvalue weighted by Crippen LogP contribution is -2.32. The maximum absolute atomic E-state index is 14.3. The predicted molar refractivity (Wildman–Crippen MR) is 93.9 cm³/mol. The summed E-state index contributed by atoms with van der Waals surface area (Å²) in [7, 11) is 0. The Bertz CT molecular complexity index is 1070. The first-order valence-corrected chi connectivity index (χ1v) is 9.06. The standard InChI is InChI=1S/C21H14F5NO3/c22-15-3-4-16(23)18-17(15)19(28)13(5-10-8-30-9-10)14(20(18)29)6-12-2-1-11(7-27-12)21(24,25)26/h1-4,7,10H,5-6,8-9H2. The fourth-order valence-electron chi connectivity index (χ4n) is 3.54. The molecular formula is C21H14F5NO3. The topological polar surface area (TPSA) is 56.3 Å². The third kappa shape index (κ3) is 3.54. The number of ether oxygens (including phenoxy) is 1. The lowest BCUT2D eigenvalue weighted by atomic mass is 9.78. The highest BCUT2D eigenvalue weighted by atomic mass is 19.4. The molecule has 4 rings (SSSR count). The number of ketones is 2. The Morgan fingerprint density at radius 2 is 1.53 bits per heavy atom. The minimum absolute atomic E-state index is 0.0204. The Morgan fingerprint density at radius 3 is 2.00 bits per heavy atom. The molecule has 0 saturated carbocycles. The van der Waals surface area contributed by atoms with E-state index in [2.05, 4.69) is 4.98 Å². The number of aromatic nitrogens is 1. The van der Waals surface area contributed by atoms with Gasteiger partial charge in [0.05, 0.1) is 29.9 Å². The molecule has 0 bridgehead atoms. The summed E-state index contributed by atoms with van der Waals surface area (Å²) in [6.45, 7) is 0.713. The number of carbonyl (C=O) groups excluding carboxylic acids is 2. The monoisotopic (exact) mass is 423 g/mol. The molecule has 1 fully saturated rings. The zero-order valence-corrected chi connectivity index (χ0v) is 15.4. The van der Waals surface area contributed by atoms with Crippen molar-refractivity contribution in [2.24, 2.45) is 5.92 Å². The van der Waals surface area contributed by atoms with Gasteiger partial charge < -0.3 is 4.74 Å². The van der Waals surface area contributed by atoms with Crippen LogP contribution in [0.2, 0.25) is 0 Å². The summed E-state index contributed by atoms with van der Waals surface area (Å²) >= 11 is 0. The van der Waals surface area contributed by atoms with Gasteiger partial charge in [0.25, 0.3) is 0 Å². The summed E-state index contributed by atoms with van der Waals surface area (Å²) in [6.07, 6.45) is -4.11. The largest absolute Gasteiger partial charge is 0.417 e. The van der Waals surface area contributed by atoms with Crippen molar-refractivity contribution in [3.63, 3.8) is 0 Å². The Labute approximate surface area is 167 Å². The van der Waals surface area contributed by atoms with Crippen molar-refractivity contribution in [3.8, 4) is 0 Å². The molecule has 9 heteroatoms.